The molecule has 2 aliphatic heterocycles. The number of fused-ring (bicyclic) bond motifs is 2. The van der Waals surface area contributed by atoms with E-state index in [0.29, 0.717) is 0 Å². The van der Waals surface area contributed by atoms with Gasteiger partial charge < -0.3 is 19.7 Å². The molecule has 0 spiro atoms. The Balaban J connectivity index is 2.02. The van der Waals surface area contributed by atoms with Crippen molar-refractivity contribution >= 4 is 8.07 Å². The number of nitrogens with one attached hydrogen (secondary N) is 1. The van der Waals surface area contributed by atoms with Crippen LogP contribution in [0.3, 0.4) is 0 Å². The van der Waals surface area contributed by atoms with Crippen LogP contribution in [-0.4, -0.2) is 58.9 Å². The molecule has 1 aromatic heterocycles. The van der Waals surface area contributed by atoms with Crippen LogP contribution in [0.5, 0.6) is 0 Å². The molecule has 3 N–H and O–H groups in total. The number of aliphatic hydroxyl groups excluding tert-OH is 2. The Kier molecular flexibility index (Phi) is 4.06. The van der Waals surface area contributed by atoms with Crippen LogP contribution in [0.1, 0.15) is 11.8 Å². The summed E-state index contributed by atoms with van der Waals surface area (Å²) in [6, 6.07) is 0. The molecule has 0 radical (unpaired) electrons. The van der Waals surface area contributed by atoms with Gasteiger partial charge in [-0.05, 0) is 0 Å². The van der Waals surface area contributed by atoms with E-state index < -0.39 is 50.0 Å². The summed E-state index contributed by atoms with van der Waals surface area (Å²) in [4.78, 5) is 26.3. The Morgan fingerprint density at radius 2 is 2.17 bits per heavy atom. The van der Waals surface area contributed by atoms with Crippen molar-refractivity contribution in [3.63, 3.8) is 0 Å². The Morgan fingerprint density at radius 1 is 1.46 bits per heavy atom. The maximum absolute atomic E-state index is 12.1. The Labute approximate surface area is 139 Å². The third-order valence-corrected chi connectivity index (χ3v) is 4.96. The molecule has 8 nitrogen and oxygen atoms in total. The van der Waals surface area contributed by atoms with E-state index in [1.165, 1.54) is 6.20 Å². The summed E-state index contributed by atoms with van der Waals surface area (Å²) in [5, 5.41) is 19.7. The van der Waals surface area contributed by atoms with Gasteiger partial charge in [-0.1, -0.05) is 25.6 Å². The first-order valence-corrected chi connectivity index (χ1v) is 11.1. The Morgan fingerprint density at radius 3 is 2.75 bits per heavy atom. The monoisotopic (exact) mass is 352 g/mol. The molecule has 2 bridgehead atoms. The van der Waals surface area contributed by atoms with Gasteiger partial charge in [0.2, 0.25) is 0 Å². The van der Waals surface area contributed by atoms with E-state index in [4.69, 9.17) is 9.47 Å². The summed E-state index contributed by atoms with van der Waals surface area (Å²) in [6.07, 6.45) is -1.46. The lowest BCUT2D eigenvalue weighted by Gasteiger charge is -2.29. The molecular formula is C15H20N2O6Si. The Bertz CT molecular complexity index is 829. The minimum atomic E-state index is -1.70. The number of ether oxygens (including phenoxy) is 2. The molecule has 2 fully saturated rings. The van der Waals surface area contributed by atoms with E-state index in [9.17, 15) is 19.8 Å². The van der Waals surface area contributed by atoms with Crippen molar-refractivity contribution in [1.29, 1.82) is 0 Å². The lowest BCUT2D eigenvalue weighted by atomic mass is 10.0. The lowest BCUT2D eigenvalue weighted by Crippen LogP contribution is -2.44. The lowest BCUT2D eigenvalue weighted by molar-refractivity contribution is -0.187. The van der Waals surface area contributed by atoms with E-state index in [1.807, 2.05) is 19.6 Å². The normalized spacial score (nSPS) is 31.8. The van der Waals surface area contributed by atoms with Crippen LogP contribution < -0.4 is 11.2 Å². The van der Waals surface area contributed by atoms with Gasteiger partial charge in [-0.15, -0.1) is 5.54 Å². The van der Waals surface area contributed by atoms with Gasteiger partial charge in [0.25, 0.3) is 5.56 Å². The number of aromatic nitrogens is 2. The summed E-state index contributed by atoms with van der Waals surface area (Å²) < 4.78 is 12.3. The van der Waals surface area contributed by atoms with Gasteiger partial charge in [-0.2, -0.15) is 0 Å². The van der Waals surface area contributed by atoms with Crippen LogP contribution >= 0.6 is 0 Å². The van der Waals surface area contributed by atoms with Crippen LogP contribution in [0, 0.1) is 11.5 Å². The third-order valence-electron chi connectivity index (χ3n) is 4.09. The molecule has 130 valence electrons. The van der Waals surface area contributed by atoms with Gasteiger partial charge in [-0.25, -0.2) is 4.79 Å². The molecule has 3 heterocycles. The van der Waals surface area contributed by atoms with E-state index >= 15 is 0 Å². The van der Waals surface area contributed by atoms with Crippen LogP contribution in [-0.2, 0) is 9.47 Å². The fraction of sp³-hybridized carbons (Fsp3) is 0.600. The summed E-state index contributed by atoms with van der Waals surface area (Å²) in [7, 11) is -1.70. The second-order valence-corrected chi connectivity index (χ2v) is 11.9. The zero-order valence-corrected chi connectivity index (χ0v) is 14.7. The van der Waals surface area contributed by atoms with Crippen LogP contribution in [0.15, 0.2) is 15.8 Å². The Hall–Kier alpha value is -1.70. The van der Waals surface area contributed by atoms with Crippen molar-refractivity contribution in [3.8, 4) is 11.5 Å². The van der Waals surface area contributed by atoms with Gasteiger partial charge in [0.05, 0.1) is 13.2 Å². The van der Waals surface area contributed by atoms with E-state index in [1.54, 1.807) is 0 Å². The predicted molar refractivity (Wildman–Crippen MR) is 87.2 cm³/mol. The minimum absolute atomic E-state index is 0.0478. The topological polar surface area (TPSA) is 114 Å². The van der Waals surface area contributed by atoms with Crippen LogP contribution in [0.25, 0.3) is 0 Å². The van der Waals surface area contributed by atoms with Crippen molar-refractivity contribution in [2.45, 2.75) is 43.7 Å². The number of aromatic amines is 1. The summed E-state index contributed by atoms with van der Waals surface area (Å²) in [5.74, 6) is 2.82. The SMILES string of the molecule is C[Si](C)(C)C#Cc1cn([C@@H]2O[C@]3(CO)CO[C@H]2C3O)c(=O)[nH]c1=O. The highest BCUT2D eigenvalue weighted by molar-refractivity contribution is 6.83. The second kappa shape index (κ2) is 5.68. The van der Waals surface area contributed by atoms with E-state index in [2.05, 4.69) is 16.4 Å². The van der Waals surface area contributed by atoms with Crippen molar-refractivity contribution in [1.82, 2.24) is 9.55 Å². The third kappa shape index (κ3) is 2.76. The van der Waals surface area contributed by atoms with Crippen molar-refractivity contribution in [2.24, 2.45) is 0 Å². The molecule has 1 aromatic rings. The first-order valence-electron chi connectivity index (χ1n) is 7.64. The molecule has 2 saturated heterocycles. The van der Waals surface area contributed by atoms with Gasteiger partial charge in [0, 0.05) is 6.20 Å². The average Bonchev–Trinajstić information content (AvgIpc) is 2.96. The molecule has 24 heavy (non-hydrogen) atoms. The number of nitrogens with zero attached hydrogens (tertiary/aromatic N) is 1. The number of hydrogen-bond acceptors (Lipinski definition) is 6. The predicted octanol–water partition coefficient (Wildman–Crippen LogP) is -1.21. The molecule has 1 unspecified atom stereocenters. The smallest absolute Gasteiger partial charge is 0.330 e. The van der Waals surface area contributed by atoms with Crippen molar-refractivity contribution in [3.05, 3.63) is 32.6 Å². The maximum Gasteiger partial charge on any atom is 0.330 e. The maximum atomic E-state index is 12.1. The summed E-state index contributed by atoms with van der Waals surface area (Å²) >= 11 is 0. The molecule has 0 amide bonds. The standard InChI is InChI=1S/C15H20N2O6Si/c1-24(2,3)5-4-9-6-17(14(21)16-12(9)20)13-10-11(19)15(7-18,23-13)8-22-10/h6,10-11,13,18-19H,7-8H2,1-3H3,(H,16,20,21)/t10-,11?,13+,15+/m0/s1. The fourth-order valence-electron chi connectivity index (χ4n) is 2.77. The zero-order valence-electron chi connectivity index (χ0n) is 13.7. The van der Waals surface area contributed by atoms with Gasteiger partial charge in [-0.3, -0.25) is 14.3 Å². The minimum Gasteiger partial charge on any atom is -0.393 e. The summed E-state index contributed by atoms with van der Waals surface area (Å²) in [6.45, 7) is 5.74. The quantitative estimate of drug-likeness (QED) is 0.454. The molecule has 3 rings (SSSR count). The van der Waals surface area contributed by atoms with E-state index in [-0.39, 0.29) is 12.2 Å². The molecule has 4 atom stereocenters. The fourth-order valence-corrected chi connectivity index (χ4v) is 3.28. The highest BCUT2D eigenvalue weighted by Crippen LogP contribution is 2.44. The van der Waals surface area contributed by atoms with Crippen molar-refractivity contribution < 1.29 is 19.7 Å². The highest BCUT2D eigenvalue weighted by Gasteiger charge is 2.61. The van der Waals surface area contributed by atoms with Gasteiger partial charge in [0.15, 0.2) is 6.23 Å². The number of hydrogen-bond donors (Lipinski definition) is 3. The van der Waals surface area contributed by atoms with Crippen LogP contribution in [0.4, 0.5) is 0 Å². The van der Waals surface area contributed by atoms with Crippen molar-refractivity contribution in [2.75, 3.05) is 13.2 Å². The molecule has 9 heteroatoms. The molecule has 2 aliphatic rings. The highest BCUT2D eigenvalue weighted by atomic mass is 28.3. The number of rotatable bonds is 2. The summed E-state index contributed by atoms with van der Waals surface area (Å²) in [5.41, 5.74) is 0.731. The molecule has 0 aliphatic carbocycles. The van der Waals surface area contributed by atoms with Gasteiger partial charge in [0.1, 0.15) is 31.4 Å². The number of aliphatic hydroxyl groups is 2. The molecular weight excluding hydrogens is 332 g/mol. The first-order chi connectivity index (χ1) is 11.2. The zero-order chi connectivity index (χ0) is 17.7. The molecule has 0 aromatic carbocycles. The van der Waals surface area contributed by atoms with Crippen LogP contribution in [0.2, 0.25) is 19.6 Å². The molecule has 0 saturated carbocycles. The van der Waals surface area contributed by atoms with Gasteiger partial charge >= 0.3 is 5.69 Å². The number of H-pyrrole nitrogens is 1. The average molecular weight is 352 g/mol. The first kappa shape index (κ1) is 17.1. The largest absolute Gasteiger partial charge is 0.393 e. The van der Waals surface area contributed by atoms with E-state index in [0.717, 1.165) is 4.57 Å². The second-order valence-electron chi connectivity index (χ2n) is 7.16.